The first kappa shape index (κ1) is 28.2. The van der Waals surface area contributed by atoms with E-state index in [1.54, 1.807) is 49.4 Å². The van der Waals surface area contributed by atoms with Crippen LogP contribution in [0.3, 0.4) is 0 Å². The number of nitrogens with one attached hydrogen (secondary N) is 1. The summed E-state index contributed by atoms with van der Waals surface area (Å²) in [6.45, 7) is 3.62. The number of carbonyl (C=O) groups excluding carboxylic acids is 2. The number of rotatable bonds is 11. The maximum atomic E-state index is 13.9. The third kappa shape index (κ3) is 7.81. The Kier molecular flexibility index (Phi) is 9.72. The van der Waals surface area contributed by atoms with Crippen molar-refractivity contribution >= 4 is 39.1 Å². The van der Waals surface area contributed by atoms with E-state index >= 15 is 0 Å². The molecule has 7 nitrogen and oxygen atoms in total. The molecular formula is C28H32ClN3O4S. The molecule has 0 radical (unpaired) electrons. The minimum absolute atomic E-state index is 0.0827. The van der Waals surface area contributed by atoms with E-state index in [0.717, 1.165) is 21.7 Å². The van der Waals surface area contributed by atoms with Crippen LogP contribution in [0.2, 0.25) is 5.02 Å². The fraction of sp³-hybridized carbons (Fsp3) is 0.286. The standard InChI is InChI=1S/C28H32ClN3O4S/c1-4-30-28(34)26(18-22-12-6-5-7-13-22)31(19-23-14-10-15-24(29)17-23)27(33)20-32(37(3,35)36)25-16-9-8-11-21(25)2/h5-17,26H,4,18-20H2,1-3H3,(H,30,34)/t26-/m0/s1. The van der Waals surface area contributed by atoms with Crippen molar-refractivity contribution in [2.75, 3.05) is 23.7 Å². The normalized spacial score (nSPS) is 12.0. The number of amides is 2. The second-order valence-electron chi connectivity index (χ2n) is 8.81. The van der Waals surface area contributed by atoms with Crippen LogP contribution in [-0.2, 0) is 32.6 Å². The molecular weight excluding hydrogens is 510 g/mol. The first-order valence-corrected chi connectivity index (χ1v) is 14.2. The van der Waals surface area contributed by atoms with Gasteiger partial charge in [-0.1, -0.05) is 72.3 Å². The molecule has 0 aliphatic carbocycles. The van der Waals surface area contributed by atoms with Gasteiger partial charge in [0.2, 0.25) is 21.8 Å². The third-order valence-electron chi connectivity index (χ3n) is 5.93. The molecule has 0 fully saturated rings. The van der Waals surface area contributed by atoms with Crippen LogP contribution in [0.4, 0.5) is 5.69 Å². The molecule has 0 aromatic heterocycles. The van der Waals surface area contributed by atoms with Crippen LogP contribution in [0.25, 0.3) is 0 Å². The molecule has 0 unspecified atom stereocenters. The Morgan fingerprint density at radius 1 is 0.946 bits per heavy atom. The minimum Gasteiger partial charge on any atom is -0.355 e. The molecule has 0 bridgehead atoms. The molecule has 0 saturated carbocycles. The number of hydrogen-bond acceptors (Lipinski definition) is 4. The van der Waals surface area contributed by atoms with Gasteiger partial charge in [0.1, 0.15) is 12.6 Å². The summed E-state index contributed by atoms with van der Waals surface area (Å²) < 4.78 is 26.7. The number of benzene rings is 3. The van der Waals surface area contributed by atoms with Crippen LogP contribution in [0.5, 0.6) is 0 Å². The molecule has 196 valence electrons. The van der Waals surface area contributed by atoms with E-state index in [1.165, 1.54) is 4.90 Å². The van der Waals surface area contributed by atoms with Crippen molar-refractivity contribution in [3.05, 3.63) is 101 Å². The second-order valence-corrected chi connectivity index (χ2v) is 11.2. The van der Waals surface area contributed by atoms with E-state index in [2.05, 4.69) is 5.32 Å². The number of halogens is 1. The highest BCUT2D eigenvalue weighted by molar-refractivity contribution is 7.92. The lowest BCUT2D eigenvalue weighted by Gasteiger charge is -2.33. The monoisotopic (exact) mass is 541 g/mol. The number of anilines is 1. The predicted molar refractivity (Wildman–Crippen MR) is 148 cm³/mol. The SMILES string of the molecule is CCNC(=O)[C@H](Cc1ccccc1)N(Cc1cccc(Cl)c1)C(=O)CN(c1ccccc1C)S(C)(=O)=O. The summed E-state index contributed by atoms with van der Waals surface area (Å²) in [7, 11) is -3.80. The van der Waals surface area contributed by atoms with Gasteiger partial charge in [-0.05, 0) is 48.7 Å². The van der Waals surface area contributed by atoms with Gasteiger partial charge in [0.15, 0.2) is 0 Å². The van der Waals surface area contributed by atoms with E-state index < -0.39 is 28.5 Å². The van der Waals surface area contributed by atoms with E-state index in [9.17, 15) is 18.0 Å². The van der Waals surface area contributed by atoms with Crippen molar-refractivity contribution in [2.24, 2.45) is 0 Å². The Morgan fingerprint density at radius 3 is 2.22 bits per heavy atom. The maximum absolute atomic E-state index is 13.9. The van der Waals surface area contributed by atoms with Gasteiger partial charge < -0.3 is 10.2 Å². The fourth-order valence-corrected chi connectivity index (χ4v) is 5.24. The van der Waals surface area contributed by atoms with Crippen molar-refractivity contribution in [3.63, 3.8) is 0 Å². The Balaban J connectivity index is 2.05. The predicted octanol–water partition coefficient (Wildman–Crippen LogP) is 4.19. The molecule has 0 aliphatic rings. The second kappa shape index (κ2) is 12.7. The minimum atomic E-state index is -3.80. The van der Waals surface area contributed by atoms with Crippen molar-refractivity contribution in [1.29, 1.82) is 0 Å². The van der Waals surface area contributed by atoms with Gasteiger partial charge >= 0.3 is 0 Å². The molecule has 0 aliphatic heterocycles. The van der Waals surface area contributed by atoms with Gasteiger partial charge in [-0.25, -0.2) is 8.42 Å². The van der Waals surface area contributed by atoms with Crippen LogP contribution in [0.1, 0.15) is 23.6 Å². The van der Waals surface area contributed by atoms with Crippen LogP contribution in [0.15, 0.2) is 78.9 Å². The summed E-state index contributed by atoms with van der Waals surface area (Å²) in [6, 6.07) is 22.6. The summed E-state index contributed by atoms with van der Waals surface area (Å²) in [5.74, 6) is -0.815. The number of sulfonamides is 1. The number of hydrogen-bond donors (Lipinski definition) is 1. The average Bonchev–Trinajstić information content (AvgIpc) is 2.85. The lowest BCUT2D eigenvalue weighted by molar-refractivity contribution is -0.140. The van der Waals surface area contributed by atoms with Crippen LogP contribution in [-0.4, -0.2) is 50.5 Å². The van der Waals surface area contributed by atoms with Crippen LogP contribution in [0, 0.1) is 6.92 Å². The zero-order valence-electron chi connectivity index (χ0n) is 21.2. The molecule has 3 aromatic rings. The molecule has 1 N–H and O–H groups in total. The number of para-hydroxylation sites is 1. The summed E-state index contributed by atoms with van der Waals surface area (Å²) in [4.78, 5) is 28.7. The topological polar surface area (TPSA) is 86.8 Å². The van der Waals surface area contributed by atoms with Crippen molar-refractivity contribution in [1.82, 2.24) is 10.2 Å². The van der Waals surface area contributed by atoms with Crippen LogP contribution >= 0.6 is 11.6 Å². The Bertz CT molecular complexity index is 1330. The highest BCUT2D eigenvalue weighted by Gasteiger charge is 2.33. The molecule has 37 heavy (non-hydrogen) atoms. The average molecular weight is 542 g/mol. The smallest absolute Gasteiger partial charge is 0.244 e. The Morgan fingerprint density at radius 2 is 1.59 bits per heavy atom. The molecule has 9 heteroatoms. The van der Waals surface area contributed by atoms with E-state index in [0.29, 0.717) is 22.8 Å². The van der Waals surface area contributed by atoms with E-state index in [-0.39, 0.29) is 18.9 Å². The summed E-state index contributed by atoms with van der Waals surface area (Å²) >= 11 is 6.20. The van der Waals surface area contributed by atoms with Gasteiger partial charge in [-0.15, -0.1) is 0 Å². The highest BCUT2D eigenvalue weighted by Crippen LogP contribution is 2.24. The zero-order chi connectivity index (χ0) is 27.0. The van der Waals surface area contributed by atoms with Crippen molar-refractivity contribution in [2.45, 2.75) is 32.9 Å². The maximum Gasteiger partial charge on any atom is 0.244 e. The molecule has 1 atom stereocenters. The van der Waals surface area contributed by atoms with Crippen LogP contribution < -0.4 is 9.62 Å². The lowest BCUT2D eigenvalue weighted by atomic mass is 10.0. The number of aryl methyl sites for hydroxylation is 1. The summed E-state index contributed by atoms with van der Waals surface area (Å²) in [5.41, 5.74) is 2.73. The molecule has 0 heterocycles. The fourth-order valence-electron chi connectivity index (χ4n) is 4.12. The molecule has 3 aromatic carbocycles. The first-order valence-electron chi connectivity index (χ1n) is 12.0. The number of likely N-dealkylation sites (N-methyl/N-ethyl adjacent to an activating group) is 1. The quantitative estimate of drug-likeness (QED) is 0.394. The van der Waals surface area contributed by atoms with Crippen molar-refractivity contribution < 1.29 is 18.0 Å². The Hall–Kier alpha value is -3.36. The van der Waals surface area contributed by atoms with Gasteiger partial charge in [-0.3, -0.25) is 13.9 Å². The molecule has 0 saturated heterocycles. The molecule has 3 rings (SSSR count). The number of carbonyl (C=O) groups is 2. The zero-order valence-corrected chi connectivity index (χ0v) is 22.8. The summed E-state index contributed by atoms with van der Waals surface area (Å²) in [6.07, 6.45) is 1.33. The third-order valence-corrected chi connectivity index (χ3v) is 7.29. The first-order chi connectivity index (χ1) is 17.6. The van der Waals surface area contributed by atoms with E-state index in [1.807, 2.05) is 43.3 Å². The lowest BCUT2D eigenvalue weighted by Crippen LogP contribution is -2.53. The Labute approximate surface area is 224 Å². The van der Waals surface area contributed by atoms with Gasteiger partial charge in [0.05, 0.1) is 11.9 Å². The molecule has 2 amide bonds. The van der Waals surface area contributed by atoms with E-state index in [4.69, 9.17) is 11.6 Å². The highest BCUT2D eigenvalue weighted by atomic mass is 35.5. The summed E-state index contributed by atoms with van der Waals surface area (Å²) in [5, 5.41) is 3.33. The van der Waals surface area contributed by atoms with Gasteiger partial charge in [0, 0.05) is 24.5 Å². The van der Waals surface area contributed by atoms with Gasteiger partial charge in [-0.2, -0.15) is 0 Å². The van der Waals surface area contributed by atoms with Gasteiger partial charge in [0.25, 0.3) is 0 Å². The molecule has 0 spiro atoms. The van der Waals surface area contributed by atoms with Crippen molar-refractivity contribution in [3.8, 4) is 0 Å². The number of nitrogens with zero attached hydrogens (tertiary/aromatic N) is 2. The largest absolute Gasteiger partial charge is 0.355 e.